The van der Waals surface area contributed by atoms with E-state index < -0.39 is 12.1 Å². The van der Waals surface area contributed by atoms with Crippen LogP contribution in [0, 0.1) is 0 Å². The van der Waals surface area contributed by atoms with Crippen molar-refractivity contribution in [3.05, 3.63) is 65.7 Å². The van der Waals surface area contributed by atoms with Gasteiger partial charge in [0.2, 0.25) is 5.91 Å². The van der Waals surface area contributed by atoms with Crippen LogP contribution in [0.3, 0.4) is 0 Å². The monoisotopic (exact) mass is 461 g/mol. The third-order valence-corrected chi connectivity index (χ3v) is 6.47. The molecule has 0 saturated carbocycles. The van der Waals surface area contributed by atoms with Crippen LogP contribution in [0.5, 0.6) is 0 Å². The van der Waals surface area contributed by atoms with Crippen molar-refractivity contribution < 1.29 is 14.3 Å². The van der Waals surface area contributed by atoms with Crippen molar-refractivity contribution in [2.24, 2.45) is 0 Å². The summed E-state index contributed by atoms with van der Waals surface area (Å²) in [5.41, 5.74) is 10.2. The van der Waals surface area contributed by atoms with E-state index in [-0.39, 0.29) is 12.5 Å². The lowest BCUT2D eigenvalue weighted by Crippen LogP contribution is -2.43. The maximum Gasteiger partial charge on any atom is 0.410 e. The summed E-state index contributed by atoms with van der Waals surface area (Å²) >= 11 is 1.34. The third-order valence-electron chi connectivity index (χ3n) is 5.72. The van der Waals surface area contributed by atoms with E-state index in [9.17, 15) is 9.59 Å². The molecule has 8 nitrogen and oxygen atoms in total. The average molecular weight is 462 g/mol. The Labute approximate surface area is 194 Å². The first kappa shape index (κ1) is 21.0. The Bertz CT molecular complexity index is 1300. The molecule has 1 unspecified atom stereocenters. The number of carbonyl (C=O) groups excluding carboxylic acids is 2. The van der Waals surface area contributed by atoms with Crippen molar-refractivity contribution in [2.45, 2.75) is 25.5 Å². The number of benzene rings is 2. The van der Waals surface area contributed by atoms with Gasteiger partial charge in [-0.3, -0.25) is 9.69 Å². The quantitative estimate of drug-likeness (QED) is 0.376. The predicted molar refractivity (Wildman–Crippen MR) is 129 cm³/mol. The molecule has 1 aliphatic heterocycles. The summed E-state index contributed by atoms with van der Waals surface area (Å²) in [6, 6.07) is 14.7. The van der Waals surface area contributed by atoms with Crippen LogP contribution in [0.1, 0.15) is 18.4 Å². The molecule has 3 heterocycles. The molecular formula is C24H23N5O3S. The maximum atomic E-state index is 12.9. The summed E-state index contributed by atoms with van der Waals surface area (Å²) in [7, 11) is 0. The highest BCUT2D eigenvalue weighted by Crippen LogP contribution is 2.31. The van der Waals surface area contributed by atoms with Crippen LogP contribution in [0.2, 0.25) is 0 Å². The summed E-state index contributed by atoms with van der Waals surface area (Å²) < 4.78 is 5.42. The Hall–Kier alpha value is -3.85. The molecule has 9 heteroatoms. The number of nitrogens with zero attached hydrogens (tertiary/aromatic N) is 2. The number of nitrogens with two attached hydrogens (primary N) is 1. The third kappa shape index (κ3) is 4.40. The van der Waals surface area contributed by atoms with Crippen LogP contribution in [0.25, 0.3) is 22.2 Å². The van der Waals surface area contributed by atoms with E-state index in [0.29, 0.717) is 23.8 Å². The van der Waals surface area contributed by atoms with Gasteiger partial charge in [0.15, 0.2) is 5.13 Å². The number of likely N-dealkylation sites (tertiary alicyclic amines) is 1. The Morgan fingerprint density at radius 3 is 2.94 bits per heavy atom. The van der Waals surface area contributed by atoms with Crippen LogP contribution in [-0.4, -0.2) is 39.5 Å². The van der Waals surface area contributed by atoms with Crippen LogP contribution < -0.4 is 11.1 Å². The number of aromatic amines is 1. The number of nitrogens with one attached hydrogen (secondary N) is 2. The van der Waals surface area contributed by atoms with Gasteiger partial charge in [0.1, 0.15) is 12.6 Å². The van der Waals surface area contributed by atoms with Gasteiger partial charge in [0.05, 0.1) is 16.9 Å². The van der Waals surface area contributed by atoms with Crippen molar-refractivity contribution in [2.75, 3.05) is 17.6 Å². The van der Waals surface area contributed by atoms with Gasteiger partial charge in [-0.15, -0.1) is 11.3 Å². The minimum atomic E-state index is -0.576. The largest absolute Gasteiger partial charge is 0.445 e. The summed E-state index contributed by atoms with van der Waals surface area (Å²) in [6.45, 7) is 0.666. The van der Waals surface area contributed by atoms with Crippen LogP contribution in [-0.2, 0) is 16.1 Å². The first-order chi connectivity index (χ1) is 16.1. The van der Waals surface area contributed by atoms with Crippen molar-refractivity contribution in [3.8, 4) is 11.3 Å². The molecule has 0 aliphatic carbocycles. The zero-order valence-electron chi connectivity index (χ0n) is 17.8. The zero-order chi connectivity index (χ0) is 22.8. The molecule has 0 radical (unpaired) electrons. The minimum Gasteiger partial charge on any atom is -0.445 e. The number of aromatic nitrogens is 2. The van der Waals surface area contributed by atoms with Crippen LogP contribution >= 0.6 is 11.3 Å². The average Bonchev–Trinajstić information content (AvgIpc) is 3.58. The molecule has 4 aromatic rings. The summed E-state index contributed by atoms with van der Waals surface area (Å²) in [4.78, 5) is 34.7. The normalized spacial score (nSPS) is 15.6. The van der Waals surface area contributed by atoms with Crippen molar-refractivity contribution in [3.63, 3.8) is 0 Å². The lowest BCUT2D eigenvalue weighted by atomic mass is 10.1. The second-order valence-corrected chi connectivity index (χ2v) is 8.78. The number of nitrogen functional groups attached to an aromatic ring is 1. The van der Waals surface area contributed by atoms with E-state index in [1.807, 2.05) is 60.1 Å². The molecular weight excluding hydrogens is 438 g/mol. The van der Waals surface area contributed by atoms with Crippen molar-refractivity contribution in [1.29, 1.82) is 0 Å². The fourth-order valence-corrected chi connectivity index (χ4v) is 4.78. The number of rotatable bonds is 5. The number of H-pyrrole nitrogens is 1. The molecule has 0 spiro atoms. The highest BCUT2D eigenvalue weighted by molar-refractivity contribution is 7.14. The standard InChI is InChI=1S/C24H23N5O3S/c25-18-12-17(11-16-8-9-26-21(16)18)19-14-33-23(27-19)28-22(30)20-7-4-10-29(20)24(31)32-13-15-5-2-1-3-6-15/h1-3,5-6,8-9,11-12,14,20,26H,4,7,10,13,25H2,(H,27,28,30). The topological polar surface area (TPSA) is 113 Å². The number of hydrogen-bond donors (Lipinski definition) is 3. The van der Waals surface area contributed by atoms with E-state index in [1.54, 1.807) is 0 Å². The van der Waals surface area contributed by atoms with E-state index in [4.69, 9.17) is 10.5 Å². The smallest absolute Gasteiger partial charge is 0.410 e. The molecule has 1 fully saturated rings. The number of ether oxygens (including phenoxy) is 1. The molecule has 168 valence electrons. The molecule has 4 N–H and O–H groups in total. The summed E-state index contributed by atoms with van der Waals surface area (Å²) in [5, 5.41) is 6.22. The van der Waals surface area contributed by atoms with Gasteiger partial charge in [0.25, 0.3) is 0 Å². The second-order valence-electron chi connectivity index (χ2n) is 7.93. The second kappa shape index (κ2) is 8.95. The molecule has 1 saturated heterocycles. The molecule has 1 atom stereocenters. The van der Waals surface area contributed by atoms with Gasteiger partial charge in [-0.2, -0.15) is 0 Å². The highest BCUT2D eigenvalue weighted by atomic mass is 32.1. The maximum absolute atomic E-state index is 12.9. The number of thiazole rings is 1. The Morgan fingerprint density at radius 1 is 1.24 bits per heavy atom. The van der Waals surface area contributed by atoms with Crippen LogP contribution in [0.4, 0.5) is 15.6 Å². The molecule has 1 aliphatic rings. The van der Waals surface area contributed by atoms with Crippen molar-refractivity contribution >= 4 is 45.1 Å². The number of amides is 2. The fourth-order valence-electron chi connectivity index (χ4n) is 4.06. The molecule has 33 heavy (non-hydrogen) atoms. The highest BCUT2D eigenvalue weighted by Gasteiger charge is 2.35. The van der Waals surface area contributed by atoms with Gasteiger partial charge in [-0.25, -0.2) is 9.78 Å². The molecule has 5 rings (SSSR count). The minimum absolute atomic E-state index is 0.176. The lowest BCUT2D eigenvalue weighted by molar-refractivity contribution is -0.120. The summed E-state index contributed by atoms with van der Waals surface area (Å²) in [6.07, 6.45) is 2.70. The van der Waals surface area contributed by atoms with E-state index in [0.717, 1.165) is 34.1 Å². The molecule has 2 amide bonds. The molecule has 2 aromatic carbocycles. The lowest BCUT2D eigenvalue weighted by Gasteiger charge is -2.22. The SMILES string of the molecule is Nc1cc(-c2csc(NC(=O)C3CCCN3C(=O)OCc3ccccc3)n2)cc2cc[nH]c12. The Morgan fingerprint density at radius 2 is 2.09 bits per heavy atom. The number of anilines is 2. The van der Waals surface area contributed by atoms with Gasteiger partial charge < -0.3 is 20.8 Å². The Kier molecular flexibility index (Phi) is 5.70. The number of fused-ring (bicyclic) bond motifs is 1. The Balaban J connectivity index is 1.24. The predicted octanol–water partition coefficient (Wildman–Crippen LogP) is 4.61. The van der Waals surface area contributed by atoms with E-state index >= 15 is 0 Å². The van der Waals surface area contributed by atoms with Crippen LogP contribution in [0.15, 0.2) is 60.1 Å². The van der Waals surface area contributed by atoms with E-state index in [2.05, 4.69) is 15.3 Å². The van der Waals surface area contributed by atoms with Gasteiger partial charge in [0, 0.05) is 29.1 Å². The summed E-state index contributed by atoms with van der Waals surface area (Å²) in [5.74, 6) is -0.259. The van der Waals surface area contributed by atoms with Gasteiger partial charge in [-0.05, 0) is 36.6 Å². The first-order valence-corrected chi connectivity index (χ1v) is 11.6. The zero-order valence-corrected chi connectivity index (χ0v) is 18.6. The molecule has 0 bridgehead atoms. The van der Waals surface area contributed by atoms with Gasteiger partial charge in [-0.1, -0.05) is 30.3 Å². The number of carbonyl (C=O) groups is 2. The van der Waals surface area contributed by atoms with E-state index in [1.165, 1.54) is 16.2 Å². The van der Waals surface area contributed by atoms with Crippen molar-refractivity contribution in [1.82, 2.24) is 14.9 Å². The first-order valence-electron chi connectivity index (χ1n) is 10.7. The number of hydrogen-bond acceptors (Lipinski definition) is 6. The fraction of sp³-hybridized carbons (Fsp3) is 0.208. The molecule has 2 aromatic heterocycles. The van der Waals surface area contributed by atoms with Gasteiger partial charge >= 0.3 is 6.09 Å².